The molecule has 9 nitrogen and oxygen atoms in total. The molecule has 1 aromatic carbocycles. The summed E-state index contributed by atoms with van der Waals surface area (Å²) in [7, 11) is 0. The first-order chi connectivity index (χ1) is 18.6. The average molecular weight is 544 g/mol. The lowest BCUT2D eigenvalue weighted by Gasteiger charge is -2.34. The van der Waals surface area contributed by atoms with Gasteiger partial charge in [0.1, 0.15) is 11.9 Å². The highest BCUT2D eigenvalue weighted by molar-refractivity contribution is 5.85. The van der Waals surface area contributed by atoms with Crippen LogP contribution >= 0.6 is 0 Å². The number of nitrogens with zero attached hydrogens (tertiary/aromatic N) is 4. The minimum Gasteiger partial charge on any atom is -0.389 e. The molecule has 11 heteroatoms. The third-order valence-corrected chi connectivity index (χ3v) is 7.70. The van der Waals surface area contributed by atoms with Gasteiger partial charge in [-0.25, -0.2) is 18.7 Å². The van der Waals surface area contributed by atoms with E-state index in [2.05, 4.69) is 19.9 Å². The molecule has 2 fully saturated rings. The van der Waals surface area contributed by atoms with Gasteiger partial charge in [0.05, 0.1) is 36.6 Å². The molecule has 2 aliphatic rings. The molecule has 0 amide bonds. The van der Waals surface area contributed by atoms with Crippen LogP contribution in [0.15, 0.2) is 29.2 Å². The number of pyridine rings is 1. The fourth-order valence-corrected chi connectivity index (χ4v) is 5.53. The third-order valence-electron chi connectivity index (χ3n) is 7.70. The van der Waals surface area contributed by atoms with Gasteiger partial charge in [0, 0.05) is 54.5 Å². The van der Waals surface area contributed by atoms with Gasteiger partial charge in [-0.1, -0.05) is 6.07 Å². The maximum Gasteiger partial charge on any atom is 0.223 e. The molecule has 0 saturated carbocycles. The normalized spacial score (nSPS) is 24.4. The number of hydrogen-bond acceptors (Lipinski definition) is 8. The van der Waals surface area contributed by atoms with E-state index in [0.29, 0.717) is 48.1 Å². The number of hydrogen-bond donors (Lipinski definition) is 3. The Bertz CT molecular complexity index is 1410. The second-order valence-electron chi connectivity index (χ2n) is 10.8. The minimum absolute atomic E-state index is 0.0387. The molecule has 0 bridgehead atoms. The Morgan fingerprint density at radius 3 is 2.74 bits per heavy atom. The van der Waals surface area contributed by atoms with E-state index in [0.717, 1.165) is 11.9 Å². The highest BCUT2D eigenvalue weighted by Gasteiger charge is 2.29. The number of β-amino-alcohol motifs (C(OH)–C–C–N with tert-alkyl or cyclic N) is 1. The van der Waals surface area contributed by atoms with Gasteiger partial charge in [-0.2, -0.15) is 0 Å². The molecule has 5 rings (SSSR count). The predicted octanol–water partition coefficient (Wildman–Crippen LogP) is 2.95. The van der Waals surface area contributed by atoms with E-state index < -0.39 is 24.2 Å². The van der Waals surface area contributed by atoms with Crippen LogP contribution in [0, 0.1) is 12.7 Å². The van der Waals surface area contributed by atoms with Crippen molar-refractivity contribution in [3.8, 4) is 11.3 Å². The fourth-order valence-electron chi connectivity index (χ4n) is 5.53. The number of nitrogens with one attached hydrogen (secondary N) is 1. The molecule has 2 aromatic heterocycles. The summed E-state index contributed by atoms with van der Waals surface area (Å²) in [5.74, 6) is -0.417. The number of aromatic nitrogens is 3. The number of likely N-dealkylation sites (tertiary alicyclic amines) is 1. The van der Waals surface area contributed by atoms with Crippen LogP contribution in [0.4, 0.5) is 14.7 Å². The Morgan fingerprint density at radius 1 is 1.23 bits per heavy atom. The molecule has 2 saturated heterocycles. The van der Waals surface area contributed by atoms with Crippen LogP contribution in [0.5, 0.6) is 0 Å². The maximum absolute atomic E-state index is 15.0. The van der Waals surface area contributed by atoms with E-state index in [-0.39, 0.29) is 48.7 Å². The van der Waals surface area contributed by atoms with Gasteiger partial charge < -0.3 is 24.8 Å². The van der Waals surface area contributed by atoms with Crippen LogP contribution in [-0.4, -0.2) is 80.4 Å². The van der Waals surface area contributed by atoms with E-state index in [1.54, 1.807) is 25.1 Å². The molecule has 0 aliphatic carbocycles. The van der Waals surface area contributed by atoms with Crippen LogP contribution in [0.3, 0.4) is 0 Å². The number of ether oxygens (including phenoxy) is 1. The molecule has 3 N–H and O–H groups in total. The van der Waals surface area contributed by atoms with Gasteiger partial charge in [0.25, 0.3) is 0 Å². The molecule has 2 aliphatic heterocycles. The van der Waals surface area contributed by atoms with Crippen LogP contribution in [0.1, 0.15) is 44.0 Å². The topological polar surface area (TPSA) is 113 Å². The molecule has 4 heterocycles. The van der Waals surface area contributed by atoms with Crippen molar-refractivity contribution < 1.29 is 23.7 Å². The van der Waals surface area contributed by atoms with E-state index in [4.69, 9.17) is 4.74 Å². The molecular weight excluding hydrogens is 508 g/mol. The van der Waals surface area contributed by atoms with Gasteiger partial charge in [0.2, 0.25) is 5.95 Å². The Kier molecular flexibility index (Phi) is 7.95. The highest BCUT2D eigenvalue weighted by atomic mass is 19.1. The smallest absolute Gasteiger partial charge is 0.223 e. The highest BCUT2D eigenvalue weighted by Crippen LogP contribution is 2.29. The maximum atomic E-state index is 15.0. The van der Waals surface area contributed by atoms with Crippen molar-refractivity contribution >= 4 is 16.9 Å². The Morgan fingerprint density at radius 2 is 2.03 bits per heavy atom. The first kappa shape index (κ1) is 27.6. The minimum atomic E-state index is -1.24. The van der Waals surface area contributed by atoms with Gasteiger partial charge in [0.15, 0.2) is 11.2 Å². The number of rotatable bonds is 6. The number of aliphatic hydroxyl groups is 2. The predicted molar refractivity (Wildman–Crippen MR) is 144 cm³/mol. The molecule has 0 radical (unpaired) electrons. The fraction of sp³-hybridized carbons (Fsp3) is 0.536. The van der Waals surface area contributed by atoms with Crippen molar-refractivity contribution in [2.45, 2.75) is 70.6 Å². The number of alkyl halides is 1. The summed E-state index contributed by atoms with van der Waals surface area (Å²) in [6.07, 6.45) is -1.14. The summed E-state index contributed by atoms with van der Waals surface area (Å²) in [4.78, 5) is 23.9. The van der Waals surface area contributed by atoms with Crippen molar-refractivity contribution in [2.24, 2.45) is 0 Å². The summed E-state index contributed by atoms with van der Waals surface area (Å²) >= 11 is 0. The molecule has 4 atom stereocenters. The summed E-state index contributed by atoms with van der Waals surface area (Å²) in [6.45, 7) is 7.55. The summed E-state index contributed by atoms with van der Waals surface area (Å²) in [5, 5.41) is 23.9. The van der Waals surface area contributed by atoms with E-state index >= 15 is 4.39 Å². The van der Waals surface area contributed by atoms with Gasteiger partial charge >= 0.3 is 0 Å². The largest absolute Gasteiger partial charge is 0.389 e. The van der Waals surface area contributed by atoms with E-state index in [1.165, 1.54) is 0 Å². The zero-order chi connectivity index (χ0) is 27.8. The lowest BCUT2D eigenvalue weighted by Crippen LogP contribution is -2.45. The number of piperidine rings is 1. The number of halogens is 2. The van der Waals surface area contributed by atoms with Gasteiger partial charge in [-0.3, -0.25) is 9.69 Å². The van der Waals surface area contributed by atoms with Gasteiger partial charge in [-0.05, 0) is 45.7 Å². The van der Waals surface area contributed by atoms with E-state index in [9.17, 15) is 19.4 Å². The lowest BCUT2D eigenvalue weighted by molar-refractivity contribution is -0.0136. The lowest BCUT2D eigenvalue weighted by atomic mass is 10.0. The number of anilines is 1. The zero-order valence-corrected chi connectivity index (χ0v) is 22.4. The Hall–Kier alpha value is -2.99. The molecule has 0 unspecified atom stereocenters. The molecular formula is C28H35F2N5O4. The van der Waals surface area contributed by atoms with Crippen molar-refractivity contribution in [3.63, 3.8) is 0 Å². The van der Waals surface area contributed by atoms with Crippen LogP contribution < -0.4 is 10.7 Å². The second kappa shape index (κ2) is 11.2. The third kappa shape index (κ3) is 5.54. The van der Waals surface area contributed by atoms with E-state index in [1.807, 2.05) is 18.7 Å². The standard InChI is InChI=1S/C28H35F2N5O4/c1-15(2)35-22-10-17(26-20(30)11-31-28(33-26)32-21-7-9-39-14-25(21)37)4-5-18(22)27(38)16(3)23(35)12-34-8-6-19(29)24(36)13-34/h4-5,10-11,15,19,21,24-25,36-37H,6-9,12-14H2,1-3H3,(H,31,32,33)/t19-,21-,24-,25-/m1/s1. The van der Waals surface area contributed by atoms with Crippen molar-refractivity contribution in [1.82, 2.24) is 19.4 Å². The number of benzene rings is 1. The van der Waals surface area contributed by atoms with Gasteiger partial charge in [-0.15, -0.1) is 0 Å². The monoisotopic (exact) mass is 543 g/mol. The zero-order valence-electron chi connectivity index (χ0n) is 22.4. The van der Waals surface area contributed by atoms with Crippen molar-refractivity contribution in [2.75, 3.05) is 31.6 Å². The quantitative estimate of drug-likeness (QED) is 0.435. The molecule has 210 valence electrons. The first-order valence-electron chi connectivity index (χ1n) is 13.4. The summed E-state index contributed by atoms with van der Waals surface area (Å²) in [6, 6.07) is 4.78. The SMILES string of the molecule is Cc1c(CN2CC[C@@H](F)[C@H](O)C2)n(C(C)C)c2cc(-c3nc(N[C@@H]4CCOC[C@H]4O)ncc3F)ccc2c1=O. The van der Waals surface area contributed by atoms with Crippen molar-refractivity contribution in [1.29, 1.82) is 0 Å². The average Bonchev–Trinajstić information content (AvgIpc) is 2.91. The van der Waals surface area contributed by atoms with Crippen LogP contribution in [0.2, 0.25) is 0 Å². The second-order valence-corrected chi connectivity index (χ2v) is 10.8. The Labute approximate surface area is 225 Å². The van der Waals surface area contributed by atoms with Crippen LogP contribution in [0.25, 0.3) is 22.2 Å². The van der Waals surface area contributed by atoms with Crippen molar-refractivity contribution in [3.05, 3.63) is 51.7 Å². The first-order valence-corrected chi connectivity index (χ1v) is 13.4. The number of fused-ring (bicyclic) bond motifs is 1. The Balaban J connectivity index is 1.56. The molecule has 0 spiro atoms. The number of aliphatic hydroxyl groups excluding tert-OH is 2. The summed E-state index contributed by atoms with van der Waals surface area (Å²) in [5.41, 5.74) is 2.45. The van der Waals surface area contributed by atoms with Crippen LogP contribution in [-0.2, 0) is 11.3 Å². The molecule has 3 aromatic rings. The summed E-state index contributed by atoms with van der Waals surface area (Å²) < 4.78 is 36.2. The molecule has 39 heavy (non-hydrogen) atoms.